The fraction of sp³-hybridized carbons (Fsp3) is 0.167. The Bertz CT molecular complexity index is 642. The van der Waals surface area contributed by atoms with Crippen LogP contribution in [0.15, 0.2) is 35.3 Å². The SMILES string of the molecule is CN(Cc1ccoc1)C(=O)c1ccnc(Cl)c1[N+](=O)[O-]. The lowest BCUT2D eigenvalue weighted by Gasteiger charge is -2.16. The summed E-state index contributed by atoms with van der Waals surface area (Å²) >= 11 is 5.68. The molecule has 0 saturated heterocycles. The third kappa shape index (κ3) is 2.77. The van der Waals surface area contributed by atoms with E-state index in [1.807, 2.05) is 0 Å². The van der Waals surface area contributed by atoms with Gasteiger partial charge in [-0.05, 0) is 12.1 Å². The van der Waals surface area contributed by atoms with Crippen molar-refractivity contribution in [2.75, 3.05) is 7.05 Å². The Morgan fingerprint density at radius 3 is 2.90 bits per heavy atom. The van der Waals surface area contributed by atoms with E-state index in [9.17, 15) is 14.9 Å². The molecule has 2 aromatic rings. The average Bonchev–Trinajstić information content (AvgIpc) is 2.89. The Morgan fingerprint density at radius 2 is 2.30 bits per heavy atom. The molecule has 0 aliphatic carbocycles. The van der Waals surface area contributed by atoms with Crippen LogP contribution >= 0.6 is 11.6 Å². The molecule has 104 valence electrons. The van der Waals surface area contributed by atoms with Crippen molar-refractivity contribution in [3.8, 4) is 0 Å². The number of halogens is 1. The molecule has 20 heavy (non-hydrogen) atoms. The number of aromatic nitrogens is 1. The Morgan fingerprint density at radius 1 is 1.55 bits per heavy atom. The number of hydrogen-bond donors (Lipinski definition) is 0. The van der Waals surface area contributed by atoms with Crippen LogP contribution in [0.4, 0.5) is 5.69 Å². The first-order chi connectivity index (χ1) is 9.50. The fourth-order valence-electron chi connectivity index (χ4n) is 1.71. The Hall–Kier alpha value is -2.41. The van der Waals surface area contributed by atoms with Gasteiger partial charge >= 0.3 is 5.69 Å². The van der Waals surface area contributed by atoms with E-state index in [0.29, 0.717) is 0 Å². The zero-order valence-corrected chi connectivity index (χ0v) is 11.2. The predicted molar refractivity (Wildman–Crippen MR) is 70.4 cm³/mol. The summed E-state index contributed by atoms with van der Waals surface area (Å²) < 4.78 is 4.90. The van der Waals surface area contributed by atoms with E-state index < -0.39 is 16.5 Å². The van der Waals surface area contributed by atoms with E-state index in [2.05, 4.69) is 4.98 Å². The molecule has 1 amide bonds. The van der Waals surface area contributed by atoms with Crippen molar-refractivity contribution in [3.05, 3.63) is 57.3 Å². The minimum atomic E-state index is -0.714. The summed E-state index contributed by atoms with van der Waals surface area (Å²) in [4.78, 5) is 27.5. The van der Waals surface area contributed by atoms with Crippen molar-refractivity contribution in [1.29, 1.82) is 0 Å². The number of carbonyl (C=O) groups is 1. The lowest BCUT2D eigenvalue weighted by atomic mass is 10.2. The summed E-state index contributed by atoms with van der Waals surface area (Å²) in [7, 11) is 1.54. The maximum absolute atomic E-state index is 12.3. The average molecular weight is 296 g/mol. The third-order valence-corrected chi connectivity index (χ3v) is 2.92. The Kier molecular flexibility index (Phi) is 3.99. The summed E-state index contributed by atoms with van der Waals surface area (Å²) in [6, 6.07) is 2.98. The first-order valence-corrected chi connectivity index (χ1v) is 5.94. The van der Waals surface area contributed by atoms with Crippen LogP contribution in [0.25, 0.3) is 0 Å². The van der Waals surface area contributed by atoms with Gasteiger partial charge in [-0.15, -0.1) is 0 Å². The number of carbonyl (C=O) groups excluding carboxylic acids is 1. The molecule has 2 aromatic heterocycles. The van der Waals surface area contributed by atoms with E-state index in [1.165, 1.54) is 36.7 Å². The van der Waals surface area contributed by atoms with Crippen LogP contribution in [0.5, 0.6) is 0 Å². The van der Waals surface area contributed by atoms with Crippen molar-refractivity contribution < 1.29 is 14.1 Å². The van der Waals surface area contributed by atoms with Gasteiger partial charge in [0.2, 0.25) is 5.15 Å². The summed E-state index contributed by atoms with van der Waals surface area (Å²) in [5, 5.41) is 10.7. The topological polar surface area (TPSA) is 89.5 Å². The molecule has 0 bridgehead atoms. The van der Waals surface area contributed by atoms with E-state index in [4.69, 9.17) is 16.0 Å². The standard InChI is InChI=1S/C12H10ClN3O4/c1-15(6-8-3-5-20-7-8)12(17)9-2-4-14-11(13)10(9)16(18)19/h2-5,7H,6H2,1H3. The second-order valence-corrected chi connectivity index (χ2v) is 4.41. The number of nitrogens with zero attached hydrogens (tertiary/aromatic N) is 3. The molecule has 0 unspecified atom stereocenters. The van der Waals surface area contributed by atoms with Crippen LogP contribution in [-0.2, 0) is 6.54 Å². The van der Waals surface area contributed by atoms with Crippen molar-refractivity contribution in [1.82, 2.24) is 9.88 Å². The monoisotopic (exact) mass is 295 g/mol. The molecule has 2 rings (SSSR count). The molecule has 0 fully saturated rings. The zero-order chi connectivity index (χ0) is 14.7. The van der Waals surface area contributed by atoms with E-state index in [-0.39, 0.29) is 17.3 Å². The van der Waals surface area contributed by atoms with Gasteiger partial charge in [0.15, 0.2) is 0 Å². The molecule has 0 aliphatic heterocycles. The molecule has 0 saturated carbocycles. The van der Waals surface area contributed by atoms with Gasteiger partial charge in [0.1, 0.15) is 5.56 Å². The second-order valence-electron chi connectivity index (χ2n) is 4.05. The third-order valence-electron chi connectivity index (χ3n) is 2.64. The van der Waals surface area contributed by atoms with Crippen LogP contribution in [0.2, 0.25) is 5.15 Å². The molecule has 7 nitrogen and oxygen atoms in total. The molecular weight excluding hydrogens is 286 g/mol. The molecule has 0 aromatic carbocycles. The van der Waals surface area contributed by atoms with Crippen LogP contribution in [0.3, 0.4) is 0 Å². The van der Waals surface area contributed by atoms with Crippen molar-refractivity contribution in [2.45, 2.75) is 6.54 Å². The van der Waals surface area contributed by atoms with Gasteiger partial charge in [-0.25, -0.2) is 4.98 Å². The Balaban J connectivity index is 2.29. The maximum Gasteiger partial charge on any atom is 0.319 e. The van der Waals surface area contributed by atoms with Crippen molar-refractivity contribution in [3.63, 3.8) is 0 Å². The van der Waals surface area contributed by atoms with Gasteiger partial charge < -0.3 is 9.32 Å². The largest absolute Gasteiger partial charge is 0.472 e. The highest BCUT2D eigenvalue weighted by Crippen LogP contribution is 2.27. The highest BCUT2D eigenvalue weighted by atomic mass is 35.5. The lowest BCUT2D eigenvalue weighted by Crippen LogP contribution is -2.26. The first kappa shape index (κ1) is 14.0. The van der Waals surface area contributed by atoms with Crippen LogP contribution in [-0.4, -0.2) is 27.8 Å². The highest BCUT2D eigenvalue weighted by molar-refractivity contribution is 6.32. The summed E-state index contributed by atoms with van der Waals surface area (Å²) in [5.74, 6) is -0.512. The summed E-state index contributed by atoms with van der Waals surface area (Å²) in [5.41, 5.74) is 0.197. The molecule has 0 N–H and O–H groups in total. The predicted octanol–water partition coefficient (Wildman–Crippen LogP) is 2.51. The molecule has 0 atom stereocenters. The maximum atomic E-state index is 12.3. The zero-order valence-electron chi connectivity index (χ0n) is 10.4. The smallest absolute Gasteiger partial charge is 0.319 e. The molecule has 8 heteroatoms. The molecular formula is C12H10ClN3O4. The number of nitro groups is 1. The summed E-state index contributed by atoms with van der Waals surface area (Å²) in [6.45, 7) is 0.270. The number of pyridine rings is 1. The fourth-order valence-corrected chi connectivity index (χ4v) is 1.94. The van der Waals surface area contributed by atoms with Crippen LogP contribution in [0, 0.1) is 10.1 Å². The van der Waals surface area contributed by atoms with E-state index >= 15 is 0 Å². The minimum Gasteiger partial charge on any atom is -0.472 e. The number of amides is 1. The van der Waals surface area contributed by atoms with Crippen molar-refractivity contribution >= 4 is 23.2 Å². The van der Waals surface area contributed by atoms with Gasteiger partial charge in [0.05, 0.1) is 17.4 Å². The minimum absolute atomic E-state index is 0.0963. The Labute approximate surface area is 118 Å². The second kappa shape index (κ2) is 5.70. The quantitative estimate of drug-likeness (QED) is 0.491. The summed E-state index contributed by atoms with van der Waals surface area (Å²) in [6.07, 6.45) is 4.24. The molecule has 0 aliphatic rings. The van der Waals surface area contributed by atoms with Crippen LogP contribution < -0.4 is 0 Å². The normalized spacial score (nSPS) is 10.3. The van der Waals surface area contributed by atoms with Gasteiger partial charge in [-0.1, -0.05) is 11.6 Å². The first-order valence-electron chi connectivity index (χ1n) is 5.56. The van der Waals surface area contributed by atoms with E-state index in [0.717, 1.165) is 5.56 Å². The lowest BCUT2D eigenvalue weighted by molar-refractivity contribution is -0.385. The van der Waals surface area contributed by atoms with E-state index in [1.54, 1.807) is 6.07 Å². The molecule has 0 radical (unpaired) electrons. The molecule has 0 spiro atoms. The van der Waals surface area contributed by atoms with Gasteiger partial charge in [0.25, 0.3) is 5.91 Å². The number of rotatable bonds is 4. The molecule has 2 heterocycles. The van der Waals surface area contributed by atoms with Crippen molar-refractivity contribution in [2.24, 2.45) is 0 Å². The van der Waals surface area contributed by atoms with Gasteiger partial charge in [0, 0.05) is 25.4 Å². The number of furan rings is 1. The van der Waals surface area contributed by atoms with Crippen LogP contribution in [0.1, 0.15) is 15.9 Å². The van der Waals surface area contributed by atoms with Gasteiger partial charge in [-0.3, -0.25) is 14.9 Å². The number of hydrogen-bond acceptors (Lipinski definition) is 5. The highest BCUT2D eigenvalue weighted by Gasteiger charge is 2.26. The van der Waals surface area contributed by atoms with Gasteiger partial charge in [-0.2, -0.15) is 0 Å².